The fourth-order valence-corrected chi connectivity index (χ4v) is 1.92. The average molecular weight is 167 g/mol. The number of nitrogens with one attached hydrogen (secondary N) is 2. The molecule has 1 unspecified atom stereocenters. The zero-order valence-electron chi connectivity index (χ0n) is 9.09. The third kappa shape index (κ3) is 1.19. The Labute approximate surface area is 75.9 Å². The fraction of sp³-hybridized carbons (Fsp3) is 0.800. The molecule has 0 saturated carbocycles. The van der Waals surface area contributed by atoms with Crippen molar-refractivity contribution in [2.75, 3.05) is 6.54 Å². The molecule has 0 aromatic carbocycles. The average Bonchev–Trinajstić information content (AvgIpc) is 2.51. The van der Waals surface area contributed by atoms with Gasteiger partial charge < -0.3 is 10.6 Å². The molecule has 2 aliphatic heterocycles. The summed E-state index contributed by atoms with van der Waals surface area (Å²) in [5.41, 5.74) is 1.40. The molecule has 2 nitrogen and oxygen atoms in total. The van der Waals surface area contributed by atoms with Gasteiger partial charge in [-0.2, -0.15) is 0 Å². The van der Waals surface area contributed by atoms with Gasteiger partial charge in [0, 0.05) is 30.4 Å². The molecule has 1 saturated heterocycles. The number of hydrogen-bond acceptors (Lipinski definition) is 2. The van der Waals surface area contributed by atoms with E-state index in [1.165, 1.54) is 5.70 Å². The molecule has 2 rings (SSSR count). The summed E-state index contributed by atoms with van der Waals surface area (Å²) in [7, 11) is 0. The topological polar surface area (TPSA) is 24.1 Å². The SMILES string of the molecule is [2H]N1C2=CNC[C@H]2CC1C(C)(C)C. The van der Waals surface area contributed by atoms with Crippen LogP contribution in [0.5, 0.6) is 0 Å². The molecule has 12 heavy (non-hydrogen) atoms. The van der Waals surface area contributed by atoms with Crippen molar-refractivity contribution in [3.05, 3.63) is 11.9 Å². The van der Waals surface area contributed by atoms with Crippen LogP contribution in [0.3, 0.4) is 0 Å². The van der Waals surface area contributed by atoms with E-state index in [0.717, 1.165) is 13.0 Å². The van der Waals surface area contributed by atoms with Gasteiger partial charge in [-0.05, 0) is 11.8 Å². The Morgan fingerprint density at radius 3 is 2.92 bits per heavy atom. The molecule has 2 aliphatic rings. The van der Waals surface area contributed by atoms with Crippen molar-refractivity contribution in [3.8, 4) is 0 Å². The first-order chi connectivity index (χ1) is 6.00. The van der Waals surface area contributed by atoms with Crippen LogP contribution >= 0.6 is 0 Å². The lowest BCUT2D eigenvalue weighted by atomic mass is 9.84. The van der Waals surface area contributed by atoms with E-state index in [0.29, 0.717) is 12.0 Å². The van der Waals surface area contributed by atoms with Crippen LogP contribution in [0, 0.1) is 11.3 Å². The van der Waals surface area contributed by atoms with Gasteiger partial charge in [-0.25, -0.2) is 0 Å². The van der Waals surface area contributed by atoms with Gasteiger partial charge in [-0.1, -0.05) is 20.8 Å². The highest BCUT2D eigenvalue weighted by Gasteiger charge is 2.37. The molecule has 0 aromatic heterocycles. The summed E-state index contributed by atoms with van der Waals surface area (Å²) < 4.78 is 8.00. The molecule has 0 radical (unpaired) electrons. The van der Waals surface area contributed by atoms with E-state index in [9.17, 15) is 0 Å². The summed E-state index contributed by atoms with van der Waals surface area (Å²) in [6.07, 6.45) is 3.13. The van der Waals surface area contributed by atoms with Gasteiger partial charge in [0.25, 0.3) is 0 Å². The van der Waals surface area contributed by atoms with E-state index in [2.05, 4.69) is 26.1 Å². The molecule has 0 aromatic rings. The number of fused-ring (bicyclic) bond motifs is 1. The van der Waals surface area contributed by atoms with Crippen molar-refractivity contribution in [3.63, 3.8) is 0 Å². The van der Waals surface area contributed by atoms with Crippen molar-refractivity contribution < 1.29 is 1.41 Å². The lowest BCUT2D eigenvalue weighted by Crippen LogP contribution is -2.34. The summed E-state index contributed by atoms with van der Waals surface area (Å²) >= 11 is 0. The molecular formula is C10H18N2. The van der Waals surface area contributed by atoms with Crippen molar-refractivity contribution in [2.24, 2.45) is 11.3 Å². The molecule has 2 heterocycles. The molecule has 68 valence electrons. The smallest absolute Gasteiger partial charge is 0.160 e. The second-order valence-corrected chi connectivity index (χ2v) is 4.92. The van der Waals surface area contributed by atoms with E-state index >= 15 is 0 Å². The van der Waals surface area contributed by atoms with Crippen molar-refractivity contribution in [1.29, 1.82) is 0 Å². The minimum absolute atomic E-state index is 0.215. The normalized spacial score (nSPS) is 35.8. The van der Waals surface area contributed by atoms with Gasteiger partial charge in [0.05, 0.1) is 0 Å². The Kier molecular flexibility index (Phi) is 1.37. The Balaban J connectivity index is 2.19. The molecule has 0 spiro atoms. The van der Waals surface area contributed by atoms with Crippen molar-refractivity contribution in [1.82, 2.24) is 10.6 Å². The minimum Gasteiger partial charge on any atom is -0.389 e. The minimum atomic E-state index is 0.215. The Morgan fingerprint density at radius 1 is 1.58 bits per heavy atom. The Bertz CT molecular complexity index is 242. The van der Waals surface area contributed by atoms with Crippen LogP contribution in [0.4, 0.5) is 0 Å². The quantitative estimate of drug-likeness (QED) is 0.570. The first-order valence-electron chi connectivity index (χ1n) is 5.16. The van der Waals surface area contributed by atoms with Crippen LogP contribution in [-0.2, 0) is 0 Å². The lowest BCUT2D eigenvalue weighted by molar-refractivity contribution is 0.290. The molecule has 2 atom stereocenters. The lowest BCUT2D eigenvalue weighted by Gasteiger charge is -2.27. The zero-order valence-corrected chi connectivity index (χ0v) is 8.09. The van der Waals surface area contributed by atoms with Crippen molar-refractivity contribution >= 4 is 0 Å². The van der Waals surface area contributed by atoms with E-state index in [4.69, 9.17) is 1.41 Å². The van der Waals surface area contributed by atoms with E-state index in [1.54, 1.807) is 5.31 Å². The third-order valence-corrected chi connectivity index (χ3v) is 2.84. The Morgan fingerprint density at radius 2 is 2.33 bits per heavy atom. The van der Waals surface area contributed by atoms with Gasteiger partial charge in [-0.3, -0.25) is 0 Å². The summed E-state index contributed by atoms with van der Waals surface area (Å²) in [5, 5.41) is 4.92. The molecule has 1 fully saturated rings. The maximum absolute atomic E-state index is 8.00. The van der Waals surface area contributed by atoms with Crippen LogP contribution in [0.2, 0.25) is 1.41 Å². The highest BCUT2D eigenvalue weighted by atomic mass is 15.1. The third-order valence-electron chi connectivity index (χ3n) is 2.84. The van der Waals surface area contributed by atoms with Gasteiger partial charge in [0.15, 0.2) is 1.41 Å². The largest absolute Gasteiger partial charge is 0.389 e. The monoisotopic (exact) mass is 167 g/mol. The summed E-state index contributed by atoms with van der Waals surface area (Å²) in [4.78, 5) is 0. The maximum Gasteiger partial charge on any atom is 0.160 e. The maximum atomic E-state index is 8.00. The van der Waals surface area contributed by atoms with Crippen LogP contribution in [0.1, 0.15) is 27.2 Å². The van der Waals surface area contributed by atoms with E-state index in [-0.39, 0.29) is 5.41 Å². The van der Waals surface area contributed by atoms with Crippen LogP contribution in [0.15, 0.2) is 11.9 Å². The van der Waals surface area contributed by atoms with Crippen LogP contribution in [0.25, 0.3) is 0 Å². The second-order valence-electron chi connectivity index (χ2n) is 4.92. The van der Waals surface area contributed by atoms with Gasteiger partial charge in [-0.15, -0.1) is 0 Å². The number of rotatable bonds is 0. The van der Waals surface area contributed by atoms with Gasteiger partial charge in [0.2, 0.25) is 0 Å². The highest BCUT2D eigenvalue weighted by Crippen LogP contribution is 2.34. The van der Waals surface area contributed by atoms with E-state index in [1.807, 2.05) is 6.20 Å². The summed E-state index contributed by atoms with van der Waals surface area (Å²) in [6.45, 7) is 7.67. The van der Waals surface area contributed by atoms with Crippen LogP contribution in [-0.4, -0.2) is 12.6 Å². The first kappa shape index (κ1) is 6.81. The predicted octanol–water partition coefficient (Wildman–Crippen LogP) is 1.46. The Hall–Kier alpha value is -0.660. The number of hydrogen-bond donors (Lipinski definition) is 2. The summed E-state index contributed by atoms with van der Waals surface area (Å²) in [5.74, 6) is 0.585. The molecule has 2 N–H and O–H groups in total. The zero-order chi connectivity index (χ0) is 9.64. The molecule has 0 amide bonds. The standard InChI is InChI=1S/C10H18N2/c1-10(2,3)9-4-7-5-11-6-8(7)12-9/h6-7,9,11-12H,4-5H2,1-3H3/t7-,9?/m1/s1/i/hD. The van der Waals surface area contributed by atoms with Gasteiger partial charge >= 0.3 is 0 Å². The fourth-order valence-electron chi connectivity index (χ4n) is 1.92. The van der Waals surface area contributed by atoms with Crippen LogP contribution < -0.4 is 10.6 Å². The van der Waals surface area contributed by atoms with E-state index < -0.39 is 0 Å². The molecular weight excluding hydrogens is 148 g/mol. The van der Waals surface area contributed by atoms with Gasteiger partial charge in [0.1, 0.15) is 0 Å². The first-order valence-corrected chi connectivity index (χ1v) is 4.71. The highest BCUT2D eigenvalue weighted by molar-refractivity contribution is 5.18. The molecule has 2 heteroatoms. The second kappa shape index (κ2) is 2.41. The molecule has 0 bridgehead atoms. The van der Waals surface area contributed by atoms with Crippen molar-refractivity contribution in [2.45, 2.75) is 33.2 Å². The summed E-state index contributed by atoms with van der Waals surface area (Å²) in [6, 6.07) is 0.380. The predicted molar refractivity (Wildman–Crippen MR) is 50.6 cm³/mol. The molecule has 0 aliphatic carbocycles.